The third kappa shape index (κ3) is 4.92. The molecular formula is C18H18F3N3O5. The van der Waals surface area contributed by atoms with Gasteiger partial charge in [0.15, 0.2) is 6.61 Å². The molecular weight excluding hydrogens is 395 g/mol. The minimum Gasteiger partial charge on any atom is -0.452 e. The highest BCUT2D eigenvalue weighted by atomic mass is 19.4. The summed E-state index contributed by atoms with van der Waals surface area (Å²) in [5.41, 5.74) is -0.813. The summed E-state index contributed by atoms with van der Waals surface area (Å²) in [7, 11) is 0. The second-order valence-corrected chi connectivity index (χ2v) is 6.14. The van der Waals surface area contributed by atoms with Gasteiger partial charge in [0.25, 0.3) is 11.6 Å². The van der Waals surface area contributed by atoms with Gasteiger partial charge in [0.1, 0.15) is 5.69 Å². The molecule has 0 aliphatic heterocycles. The number of ether oxygens (including phenoxy) is 1. The van der Waals surface area contributed by atoms with Crippen molar-refractivity contribution in [3.8, 4) is 0 Å². The second kappa shape index (κ2) is 8.33. The summed E-state index contributed by atoms with van der Waals surface area (Å²) < 4.78 is 44.9. The maximum absolute atomic E-state index is 12.7. The first kappa shape index (κ1) is 21.9. The predicted molar refractivity (Wildman–Crippen MR) is 96.6 cm³/mol. The topological polar surface area (TPSA) is 103 Å². The molecule has 0 aliphatic carbocycles. The summed E-state index contributed by atoms with van der Waals surface area (Å²) in [5, 5.41) is 13.1. The van der Waals surface area contributed by atoms with Gasteiger partial charge in [-0.3, -0.25) is 14.9 Å². The predicted octanol–water partition coefficient (Wildman–Crippen LogP) is 3.85. The summed E-state index contributed by atoms with van der Waals surface area (Å²) in [6, 6.07) is 3.31. The molecule has 1 aromatic carbocycles. The molecule has 1 heterocycles. The number of nitro groups is 1. The zero-order valence-corrected chi connectivity index (χ0v) is 15.8. The maximum atomic E-state index is 12.7. The first-order chi connectivity index (χ1) is 13.5. The molecule has 29 heavy (non-hydrogen) atoms. The van der Waals surface area contributed by atoms with E-state index in [4.69, 9.17) is 4.74 Å². The number of rotatable bonds is 6. The number of aromatic nitrogens is 1. The van der Waals surface area contributed by atoms with E-state index in [2.05, 4.69) is 5.32 Å². The van der Waals surface area contributed by atoms with E-state index in [1.807, 2.05) is 18.4 Å². The molecule has 2 rings (SSSR count). The first-order valence-electron chi connectivity index (χ1n) is 8.45. The molecule has 0 aliphatic rings. The van der Waals surface area contributed by atoms with E-state index in [0.29, 0.717) is 24.4 Å². The smallest absolute Gasteiger partial charge is 0.416 e. The molecule has 1 N–H and O–H groups in total. The normalized spacial score (nSPS) is 11.2. The number of anilines is 1. The van der Waals surface area contributed by atoms with E-state index < -0.39 is 46.5 Å². The van der Waals surface area contributed by atoms with Crippen molar-refractivity contribution < 1.29 is 32.4 Å². The van der Waals surface area contributed by atoms with Gasteiger partial charge in [-0.25, -0.2) is 4.79 Å². The Labute approximate surface area is 163 Å². The second-order valence-electron chi connectivity index (χ2n) is 6.14. The molecule has 0 spiro atoms. The quantitative estimate of drug-likeness (QED) is 0.440. The first-order valence-corrected chi connectivity index (χ1v) is 8.45. The van der Waals surface area contributed by atoms with Crippen LogP contribution in [0.3, 0.4) is 0 Å². The van der Waals surface area contributed by atoms with E-state index in [1.165, 1.54) is 0 Å². The highest BCUT2D eigenvalue weighted by Crippen LogP contribution is 2.34. The van der Waals surface area contributed by atoms with Crippen molar-refractivity contribution in [3.63, 3.8) is 0 Å². The Morgan fingerprint density at radius 3 is 2.41 bits per heavy atom. The standard InChI is InChI=1S/C18H18F3N3O5/c1-4-23-10(2)7-13(11(23)3)17(26)29-9-16(25)22-14-6-5-12(18(19,20)21)8-15(14)24(27)28/h5-8H,4,9H2,1-3H3,(H,22,25). The van der Waals surface area contributed by atoms with E-state index in [0.717, 1.165) is 11.8 Å². The van der Waals surface area contributed by atoms with E-state index in [9.17, 15) is 32.9 Å². The van der Waals surface area contributed by atoms with E-state index in [1.54, 1.807) is 13.0 Å². The van der Waals surface area contributed by atoms with Crippen LogP contribution in [0, 0.1) is 24.0 Å². The number of hydrogen-bond acceptors (Lipinski definition) is 5. The fourth-order valence-corrected chi connectivity index (χ4v) is 2.85. The number of benzene rings is 1. The van der Waals surface area contributed by atoms with Gasteiger partial charge in [-0.2, -0.15) is 13.2 Å². The average molecular weight is 413 g/mol. The number of amides is 1. The lowest BCUT2D eigenvalue weighted by atomic mass is 10.1. The van der Waals surface area contributed by atoms with Gasteiger partial charge in [0.05, 0.1) is 16.1 Å². The Morgan fingerprint density at radius 1 is 1.24 bits per heavy atom. The van der Waals surface area contributed by atoms with Crippen LogP contribution in [0.2, 0.25) is 0 Å². The van der Waals surface area contributed by atoms with Crippen LogP contribution in [-0.2, 0) is 22.3 Å². The molecule has 0 radical (unpaired) electrons. The van der Waals surface area contributed by atoms with E-state index >= 15 is 0 Å². The van der Waals surface area contributed by atoms with Gasteiger partial charge >= 0.3 is 12.1 Å². The average Bonchev–Trinajstić information content (AvgIpc) is 2.92. The summed E-state index contributed by atoms with van der Waals surface area (Å²) >= 11 is 0. The van der Waals surface area contributed by atoms with Crippen LogP contribution in [0.4, 0.5) is 24.5 Å². The summed E-state index contributed by atoms with van der Waals surface area (Å²) in [4.78, 5) is 34.2. The lowest BCUT2D eigenvalue weighted by Crippen LogP contribution is -2.22. The monoisotopic (exact) mass is 413 g/mol. The van der Waals surface area contributed by atoms with Crippen molar-refractivity contribution in [1.82, 2.24) is 4.57 Å². The molecule has 0 fully saturated rings. The summed E-state index contributed by atoms with van der Waals surface area (Å²) in [6.45, 7) is 5.32. The molecule has 0 atom stereocenters. The lowest BCUT2D eigenvalue weighted by molar-refractivity contribution is -0.384. The van der Waals surface area contributed by atoms with Gasteiger partial charge < -0.3 is 14.6 Å². The zero-order valence-electron chi connectivity index (χ0n) is 15.8. The number of hydrogen-bond donors (Lipinski definition) is 1. The number of aryl methyl sites for hydroxylation is 1. The van der Waals surface area contributed by atoms with Crippen LogP contribution in [-0.4, -0.2) is 28.0 Å². The van der Waals surface area contributed by atoms with Crippen LogP contribution >= 0.6 is 0 Å². The molecule has 0 bridgehead atoms. The van der Waals surface area contributed by atoms with Gasteiger partial charge in [0.2, 0.25) is 0 Å². The van der Waals surface area contributed by atoms with Crippen LogP contribution in [0.25, 0.3) is 0 Å². The Balaban J connectivity index is 2.10. The zero-order chi connectivity index (χ0) is 21.9. The fraction of sp³-hybridized carbons (Fsp3) is 0.333. The highest BCUT2D eigenvalue weighted by Gasteiger charge is 2.33. The number of nitrogens with zero attached hydrogens (tertiary/aromatic N) is 2. The number of alkyl halides is 3. The largest absolute Gasteiger partial charge is 0.452 e. The lowest BCUT2D eigenvalue weighted by Gasteiger charge is -2.10. The van der Waals surface area contributed by atoms with Crippen molar-refractivity contribution in [3.05, 3.63) is 56.9 Å². The van der Waals surface area contributed by atoms with Gasteiger partial charge in [-0.1, -0.05) is 0 Å². The van der Waals surface area contributed by atoms with Crippen LogP contribution in [0.1, 0.15) is 34.2 Å². The van der Waals surface area contributed by atoms with Gasteiger partial charge in [0, 0.05) is 24.0 Å². The number of carbonyl (C=O) groups excluding carboxylic acids is 2. The minimum atomic E-state index is -4.77. The molecule has 1 aromatic heterocycles. The molecule has 1 amide bonds. The Hall–Kier alpha value is -3.37. The van der Waals surface area contributed by atoms with Crippen molar-refractivity contribution in [2.24, 2.45) is 0 Å². The number of nitrogens with one attached hydrogen (secondary N) is 1. The summed E-state index contributed by atoms with van der Waals surface area (Å²) in [5.74, 6) is -1.68. The van der Waals surface area contributed by atoms with Crippen molar-refractivity contribution >= 4 is 23.3 Å². The third-order valence-corrected chi connectivity index (χ3v) is 4.24. The fourth-order valence-electron chi connectivity index (χ4n) is 2.85. The molecule has 156 valence electrons. The van der Waals surface area contributed by atoms with Crippen molar-refractivity contribution in [2.45, 2.75) is 33.5 Å². The van der Waals surface area contributed by atoms with Crippen molar-refractivity contribution in [2.75, 3.05) is 11.9 Å². The maximum Gasteiger partial charge on any atom is 0.416 e. The number of halogens is 3. The van der Waals surface area contributed by atoms with E-state index in [-0.39, 0.29) is 5.56 Å². The molecule has 0 saturated heterocycles. The third-order valence-electron chi connectivity index (χ3n) is 4.24. The van der Waals surface area contributed by atoms with Crippen LogP contribution in [0.15, 0.2) is 24.3 Å². The molecule has 0 saturated carbocycles. The highest BCUT2D eigenvalue weighted by molar-refractivity contribution is 5.97. The molecule has 8 nitrogen and oxygen atoms in total. The van der Waals surface area contributed by atoms with Crippen molar-refractivity contribution in [1.29, 1.82) is 0 Å². The van der Waals surface area contributed by atoms with Crippen LogP contribution < -0.4 is 5.32 Å². The Bertz CT molecular complexity index is 966. The number of carbonyl (C=O) groups is 2. The van der Waals surface area contributed by atoms with Gasteiger partial charge in [-0.15, -0.1) is 0 Å². The molecule has 2 aromatic rings. The molecule has 11 heteroatoms. The Morgan fingerprint density at radius 2 is 1.90 bits per heavy atom. The minimum absolute atomic E-state index is 0.276. The summed E-state index contributed by atoms with van der Waals surface area (Å²) in [6.07, 6.45) is -4.77. The van der Waals surface area contributed by atoms with Gasteiger partial charge in [-0.05, 0) is 39.0 Å². The Kier molecular flexibility index (Phi) is 6.30. The molecule has 0 unspecified atom stereocenters. The SMILES string of the molecule is CCn1c(C)cc(C(=O)OCC(=O)Nc2ccc(C(F)(F)F)cc2[N+](=O)[O-])c1C. The number of esters is 1. The number of nitro benzene ring substituents is 1. The van der Waals surface area contributed by atoms with Crippen LogP contribution in [0.5, 0.6) is 0 Å².